The van der Waals surface area contributed by atoms with Gasteiger partial charge in [-0.25, -0.2) is 9.97 Å². The van der Waals surface area contributed by atoms with Crippen molar-refractivity contribution >= 4 is 44.7 Å². The van der Waals surface area contributed by atoms with Crippen molar-refractivity contribution in [2.24, 2.45) is 0 Å². The first-order valence-corrected chi connectivity index (χ1v) is 7.37. The Labute approximate surface area is 138 Å². The van der Waals surface area contributed by atoms with Gasteiger partial charge in [0.25, 0.3) is 5.91 Å². The van der Waals surface area contributed by atoms with Crippen LogP contribution in [0.1, 0.15) is 20.4 Å². The predicted octanol–water partition coefficient (Wildman–Crippen LogP) is 3.79. The van der Waals surface area contributed by atoms with E-state index < -0.39 is 39.1 Å². The zero-order valence-corrected chi connectivity index (χ0v) is 13.5. The zero-order valence-electron chi connectivity index (χ0n) is 11.1. The summed E-state index contributed by atoms with van der Waals surface area (Å²) in [6.45, 7) is 1.32. The van der Waals surface area contributed by atoms with Gasteiger partial charge < -0.3 is 0 Å². The fourth-order valence-corrected chi connectivity index (χ4v) is 2.75. The van der Waals surface area contributed by atoms with Crippen LogP contribution in [-0.2, 0) is 6.18 Å². The highest BCUT2D eigenvalue weighted by Gasteiger charge is 2.39. The number of carbonyl (C=O) groups is 1. The first-order chi connectivity index (χ1) is 10.6. The molecule has 0 spiro atoms. The van der Waals surface area contributed by atoms with E-state index in [2.05, 4.69) is 25.9 Å². The fourth-order valence-electron chi connectivity index (χ4n) is 1.60. The molecule has 0 radical (unpaired) electrons. The minimum atomic E-state index is -4.81. The lowest BCUT2D eigenvalue weighted by Gasteiger charge is -2.07. The fraction of sp³-hybridized carbons (Fsp3) is 0.182. The number of rotatable bonds is 3. The Bertz CT molecular complexity index is 793. The maximum Gasteiger partial charge on any atom is 0.435 e. The molecule has 2 aromatic rings. The van der Waals surface area contributed by atoms with Gasteiger partial charge in [-0.15, -0.1) is 11.3 Å². The minimum Gasteiger partial charge on any atom is -0.300 e. The van der Waals surface area contributed by atoms with Gasteiger partial charge in [0, 0.05) is 6.07 Å². The molecule has 0 aliphatic carbocycles. The van der Waals surface area contributed by atoms with Crippen LogP contribution in [0.3, 0.4) is 0 Å². The molecule has 23 heavy (non-hydrogen) atoms. The number of pyridine rings is 1. The van der Waals surface area contributed by atoms with Gasteiger partial charge in [0.05, 0.1) is 9.93 Å². The van der Waals surface area contributed by atoms with Gasteiger partial charge in [-0.1, -0.05) is 0 Å². The van der Waals surface area contributed by atoms with Crippen molar-refractivity contribution < 1.29 is 22.9 Å². The Hall–Kier alpha value is -2.08. The van der Waals surface area contributed by atoms with Gasteiger partial charge in [0.1, 0.15) is 9.48 Å². The molecule has 12 heteroatoms. The molecule has 1 amide bonds. The van der Waals surface area contributed by atoms with E-state index in [0.717, 1.165) is 6.07 Å². The number of nitrogens with one attached hydrogen (secondary N) is 1. The summed E-state index contributed by atoms with van der Waals surface area (Å²) in [5, 5.41) is 13.0. The number of nitro groups is 1. The second-order valence-electron chi connectivity index (χ2n) is 4.12. The lowest BCUT2D eigenvalue weighted by Crippen LogP contribution is -2.18. The van der Waals surface area contributed by atoms with Crippen molar-refractivity contribution in [1.29, 1.82) is 0 Å². The van der Waals surface area contributed by atoms with E-state index in [0.29, 0.717) is 11.3 Å². The van der Waals surface area contributed by atoms with E-state index in [-0.39, 0.29) is 9.61 Å². The minimum absolute atomic E-state index is 0.0409. The van der Waals surface area contributed by atoms with Gasteiger partial charge in [-0.3, -0.25) is 20.2 Å². The summed E-state index contributed by atoms with van der Waals surface area (Å²) < 4.78 is 38.8. The number of alkyl halides is 3. The van der Waals surface area contributed by atoms with Gasteiger partial charge in [-0.05, 0) is 28.9 Å². The first kappa shape index (κ1) is 17.3. The predicted molar refractivity (Wildman–Crippen MR) is 78.4 cm³/mol. The molecule has 2 aromatic heterocycles. The quantitative estimate of drug-likeness (QED) is 0.471. The van der Waals surface area contributed by atoms with Crippen LogP contribution in [0.5, 0.6) is 0 Å². The standard InChI is InChI=1S/C11H6BrF3N4O3S/c1-4-16-8(11(13,14)15)7(23-4)10(20)18-9-5(19(21)22)2-3-6(12)17-9/h2-3H,1H3,(H,17,18,20). The summed E-state index contributed by atoms with van der Waals surface area (Å²) in [4.78, 5) is 28.4. The van der Waals surface area contributed by atoms with Gasteiger partial charge in [0.2, 0.25) is 5.82 Å². The number of aryl methyl sites for hydroxylation is 1. The number of hydrogen-bond donors (Lipinski definition) is 1. The third-order valence-electron chi connectivity index (χ3n) is 2.48. The Morgan fingerprint density at radius 3 is 2.61 bits per heavy atom. The monoisotopic (exact) mass is 410 g/mol. The van der Waals surface area contributed by atoms with Crippen LogP contribution in [0.15, 0.2) is 16.7 Å². The molecule has 0 aromatic carbocycles. The van der Waals surface area contributed by atoms with E-state index in [1.807, 2.05) is 5.32 Å². The molecule has 122 valence electrons. The Kier molecular flexibility index (Phi) is 4.66. The molecule has 7 nitrogen and oxygen atoms in total. The second-order valence-corrected chi connectivity index (χ2v) is 6.14. The molecule has 1 N–H and O–H groups in total. The van der Waals surface area contributed by atoms with E-state index in [1.54, 1.807) is 0 Å². The molecule has 0 bridgehead atoms. The van der Waals surface area contributed by atoms with Crippen LogP contribution in [0.4, 0.5) is 24.7 Å². The first-order valence-electron chi connectivity index (χ1n) is 5.76. The topological polar surface area (TPSA) is 98.0 Å². The smallest absolute Gasteiger partial charge is 0.300 e. The van der Waals surface area contributed by atoms with Crippen LogP contribution < -0.4 is 5.32 Å². The summed E-state index contributed by atoms with van der Waals surface area (Å²) in [5.74, 6) is -1.63. The van der Waals surface area contributed by atoms with Crippen LogP contribution in [0, 0.1) is 17.0 Å². The number of carbonyl (C=O) groups excluding carboxylic acids is 1. The largest absolute Gasteiger partial charge is 0.435 e. The summed E-state index contributed by atoms with van der Waals surface area (Å²) in [5.41, 5.74) is -1.88. The van der Waals surface area contributed by atoms with E-state index in [4.69, 9.17) is 0 Å². The maximum absolute atomic E-state index is 12.9. The van der Waals surface area contributed by atoms with Crippen molar-refractivity contribution in [3.05, 3.63) is 42.4 Å². The third-order valence-corrected chi connectivity index (χ3v) is 3.89. The summed E-state index contributed by atoms with van der Waals surface area (Å²) in [6, 6.07) is 2.33. The van der Waals surface area contributed by atoms with E-state index in [9.17, 15) is 28.1 Å². The Balaban J connectivity index is 2.41. The number of amides is 1. The van der Waals surface area contributed by atoms with E-state index >= 15 is 0 Å². The highest BCUT2D eigenvalue weighted by atomic mass is 79.9. The van der Waals surface area contributed by atoms with E-state index in [1.165, 1.54) is 13.0 Å². The molecule has 0 aliphatic heterocycles. The normalized spacial score (nSPS) is 11.3. The Morgan fingerprint density at radius 2 is 2.04 bits per heavy atom. The van der Waals surface area contributed by atoms with Gasteiger partial charge in [-0.2, -0.15) is 13.2 Å². The number of thiazole rings is 1. The number of nitrogens with zero attached hydrogens (tertiary/aromatic N) is 3. The molecule has 2 heterocycles. The molecule has 0 aliphatic rings. The summed E-state index contributed by atoms with van der Waals surface area (Å²) in [7, 11) is 0. The van der Waals surface area contributed by atoms with Crippen molar-refractivity contribution in [3.8, 4) is 0 Å². The van der Waals surface area contributed by atoms with Crippen molar-refractivity contribution in [2.45, 2.75) is 13.1 Å². The van der Waals surface area contributed by atoms with Crippen molar-refractivity contribution in [3.63, 3.8) is 0 Å². The van der Waals surface area contributed by atoms with Gasteiger partial charge >= 0.3 is 11.9 Å². The number of anilines is 1. The molecule has 0 atom stereocenters. The average Bonchev–Trinajstić information content (AvgIpc) is 2.80. The third kappa shape index (κ3) is 3.82. The molecule has 0 saturated heterocycles. The zero-order chi connectivity index (χ0) is 17.4. The van der Waals surface area contributed by atoms with Crippen molar-refractivity contribution in [2.75, 3.05) is 5.32 Å². The van der Waals surface area contributed by atoms with Gasteiger partial charge in [0.15, 0.2) is 5.69 Å². The number of halogens is 4. The van der Waals surface area contributed by atoms with Crippen LogP contribution in [-0.4, -0.2) is 20.8 Å². The lowest BCUT2D eigenvalue weighted by molar-refractivity contribution is -0.384. The molecule has 0 unspecified atom stereocenters. The number of hydrogen-bond acceptors (Lipinski definition) is 6. The molecular weight excluding hydrogens is 405 g/mol. The average molecular weight is 411 g/mol. The van der Waals surface area contributed by atoms with Crippen LogP contribution >= 0.6 is 27.3 Å². The maximum atomic E-state index is 12.9. The molecule has 0 fully saturated rings. The highest BCUT2D eigenvalue weighted by Crippen LogP contribution is 2.35. The summed E-state index contributed by atoms with van der Waals surface area (Å²) >= 11 is 3.50. The SMILES string of the molecule is Cc1nc(C(F)(F)F)c(C(=O)Nc2nc(Br)ccc2[N+](=O)[O-])s1. The van der Waals surface area contributed by atoms with Crippen LogP contribution in [0.2, 0.25) is 0 Å². The summed E-state index contributed by atoms with van der Waals surface area (Å²) in [6.07, 6.45) is -4.81. The Morgan fingerprint density at radius 1 is 1.39 bits per heavy atom. The van der Waals surface area contributed by atoms with Crippen molar-refractivity contribution in [1.82, 2.24) is 9.97 Å². The molecule has 0 saturated carbocycles. The second kappa shape index (κ2) is 6.20. The van der Waals surface area contributed by atoms with Crippen LogP contribution in [0.25, 0.3) is 0 Å². The lowest BCUT2D eigenvalue weighted by atomic mass is 10.3. The highest BCUT2D eigenvalue weighted by molar-refractivity contribution is 9.10. The number of aromatic nitrogens is 2. The molecule has 2 rings (SSSR count). The molecular formula is C11H6BrF3N4O3S.